The summed E-state index contributed by atoms with van der Waals surface area (Å²) in [4.78, 5) is 9.57. The van der Waals surface area contributed by atoms with E-state index in [1.54, 1.807) is 0 Å². The number of ether oxygens (including phenoxy) is 1. The summed E-state index contributed by atoms with van der Waals surface area (Å²) in [5.41, 5.74) is 1.59. The highest BCUT2D eigenvalue weighted by atomic mass is 19.4. The number of halogens is 3. The molecule has 0 radical (unpaired) electrons. The number of benzene rings is 1. The first-order valence-electron chi connectivity index (χ1n) is 10.2. The second-order valence-electron chi connectivity index (χ2n) is 8.15. The van der Waals surface area contributed by atoms with E-state index in [0.717, 1.165) is 17.3 Å². The van der Waals surface area contributed by atoms with Gasteiger partial charge in [0.15, 0.2) is 0 Å². The lowest BCUT2D eigenvalue weighted by atomic mass is 9.87. The first-order valence-corrected chi connectivity index (χ1v) is 10.2. The number of hydrogen-bond acceptors (Lipinski definition) is 7. The van der Waals surface area contributed by atoms with E-state index in [-0.39, 0.29) is 23.8 Å². The summed E-state index contributed by atoms with van der Waals surface area (Å²) in [6.45, 7) is 3.60. The molecular weight excluding hydrogens is 411 g/mol. The number of aliphatic hydroxyl groups excluding tert-OH is 1. The molecule has 10 heteroatoms. The van der Waals surface area contributed by atoms with Gasteiger partial charge in [0.05, 0.1) is 24.9 Å². The minimum Gasteiger partial charge on any atom is -0.391 e. The smallest absolute Gasteiger partial charge is 0.391 e. The van der Waals surface area contributed by atoms with Crippen LogP contribution in [0.2, 0.25) is 0 Å². The average molecular weight is 437 g/mol. The van der Waals surface area contributed by atoms with Gasteiger partial charge in [-0.2, -0.15) is 18.2 Å². The fourth-order valence-corrected chi connectivity index (χ4v) is 4.00. The fraction of sp³-hybridized carbons (Fsp3) is 0.524. The number of rotatable bonds is 5. The van der Waals surface area contributed by atoms with Crippen molar-refractivity contribution in [3.8, 4) is 0 Å². The van der Waals surface area contributed by atoms with Crippen molar-refractivity contribution < 1.29 is 23.0 Å². The number of nitrogens with zero attached hydrogens (tertiary/aromatic N) is 3. The Bertz CT molecular complexity index is 944. The summed E-state index contributed by atoms with van der Waals surface area (Å²) in [5.74, 6) is -0.131. The molecule has 4 rings (SSSR count). The van der Waals surface area contributed by atoms with E-state index in [2.05, 4.69) is 20.6 Å². The fourth-order valence-electron chi connectivity index (χ4n) is 4.00. The Morgan fingerprint density at radius 1 is 1.29 bits per heavy atom. The lowest BCUT2D eigenvalue weighted by molar-refractivity contribution is -0.137. The van der Waals surface area contributed by atoms with Crippen LogP contribution in [0.5, 0.6) is 0 Å². The summed E-state index contributed by atoms with van der Waals surface area (Å²) in [6, 6.07) is 5.85. The summed E-state index contributed by atoms with van der Waals surface area (Å²) >= 11 is 0. The van der Waals surface area contributed by atoms with Gasteiger partial charge in [-0.15, -0.1) is 0 Å². The van der Waals surface area contributed by atoms with Crippen molar-refractivity contribution in [3.05, 3.63) is 41.1 Å². The van der Waals surface area contributed by atoms with Crippen LogP contribution in [-0.4, -0.2) is 54.5 Å². The number of anilines is 3. The predicted octanol–water partition coefficient (Wildman–Crippen LogP) is 2.95. The van der Waals surface area contributed by atoms with Gasteiger partial charge in [-0.05, 0) is 44.0 Å². The SMILES string of the molecule is CNC1(c2ccc(Nc3ncc(C(F)(F)F)c(N4CCCC(O)C4)n3)c(C)c2)COC1. The molecule has 2 saturated heterocycles. The molecule has 0 amide bonds. The monoisotopic (exact) mass is 437 g/mol. The number of aromatic nitrogens is 2. The van der Waals surface area contributed by atoms with Gasteiger partial charge >= 0.3 is 6.18 Å². The summed E-state index contributed by atoms with van der Waals surface area (Å²) in [7, 11) is 1.89. The average Bonchev–Trinajstić information content (AvgIpc) is 2.69. The van der Waals surface area contributed by atoms with E-state index in [0.29, 0.717) is 38.3 Å². The van der Waals surface area contributed by atoms with Crippen molar-refractivity contribution in [1.82, 2.24) is 15.3 Å². The van der Waals surface area contributed by atoms with Gasteiger partial charge in [-0.1, -0.05) is 12.1 Å². The van der Waals surface area contributed by atoms with E-state index in [1.807, 2.05) is 32.2 Å². The highest BCUT2D eigenvalue weighted by molar-refractivity contribution is 5.62. The molecule has 168 valence electrons. The zero-order chi connectivity index (χ0) is 22.2. The lowest BCUT2D eigenvalue weighted by Gasteiger charge is -2.42. The van der Waals surface area contributed by atoms with Gasteiger partial charge in [0.2, 0.25) is 5.95 Å². The molecule has 3 heterocycles. The van der Waals surface area contributed by atoms with E-state index in [4.69, 9.17) is 4.74 Å². The van der Waals surface area contributed by atoms with Crippen molar-refractivity contribution in [2.45, 2.75) is 37.6 Å². The van der Waals surface area contributed by atoms with Crippen LogP contribution in [0.4, 0.5) is 30.6 Å². The Morgan fingerprint density at radius 3 is 2.65 bits per heavy atom. The number of hydrogen-bond donors (Lipinski definition) is 3. The van der Waals surface area contributed by atoms with Crippen LogP contribution in [0.1, 0.15) is 29.5 Å². The Hall–Kier alpha value is -2.43. The Kier molecular flexibility index (Phi) is 5.80. The molecular formula is C21H26F3N5O2. The van der Waals surface area contributed by atoms with E-state index >= 15 is 0 Å². The van der Waals surface area contributed by atoms with Crippen LogP contribution in [0.15, 0.2) is 24.4 Å². The van der Waals surface area contributed by atoms with E-state index < -0.39 is 17.8 Å². The molecule has 7 nitrogen and oxygen atoms in total. The standard InChI is InChI=1S/C21H26F3N5O2/c1-13-8-14(20(25-2)11-31-12-20)5-6-17(13)27-19-26-9-16(21(22,23)24)18(28-19)29-7-3-4-15(30)10-29/h5-6,8-9,15,25,30H,3-4,7,10-12H2,1-2H3,(H,26,27,28). The van der Waals surface area contributed by atoms with E-state index in [9.17, 15) is 18.3 Å². The number of likely N-dealkylation sites (N-methyl/N-ethyl adjacent to an activating group) is 1. The topological polar surface area (TPSA) is 82.5 Å². The normalized spacial score (nSPS) is 21.0. The molecule has 3 N–H and O–H groups in total. The zero-order valence-corrected chi connectivity index (χ0v) is 17.5. The number of aliphatic hydroxyl groups is 1. The summed E-state index contributed by atoms with van der Waals surface area (Å²) < 4.78 is 46.0. The number of aryl methyl sites for hydroxylation is 1. The number of alkyl halides is 3. The maximum Gasteiger partial charge on any atom is 0.421 e. The maximum absolute atomic E-state index is 13.5. The molecule has 1 unspecified atom stereocenters. The summed E-state index contributed by atoms with van der Waals surface area (Å²) in [6.07, 6.45) is -3.29. The zero-order valence-electron chi connectivity index (χ0n) is 17.5. The molecule has 0 saturated carbocycles. The first kappa shape index (κ1) is 21.8. The molecule has 2 aliphatic rings. The number of nitrogens with one attached hydrogen (secondary N) is 2. The molecule has 2 fully saturated rings. The van der Waals surface area contributed by atoms with Gasteiger partial charge in [0.1, 0.15) is 11.4 Å². The molecule has 1 atom stereocenters. The second-order valence-corrected chi connectivity index (χ2v) is 8.15. The van der Waals surface area contributed by atoms with E-state index in [1.165, 1.54) is 4.90 Å². The highest BCUT2D eigenvalue weighted by Gasteiger charge is 2.39. The third-order valence-electron chi connectivity index (χ3n) is 5.97. The molecule has 0 aliphatic carbocycles. The van der Waals surface area contributed by atoms with Crippen molar-refractivity contribution >= 4 is 17.5 Å². The Balaban J connectivity index is 1.62. The second kappa shape index (κ2) is 8.25. The number of β-amino-alcohol motifs (C(OH)–C–C–N with tert-alkyl or cyclic N) is 1. The highest BCUT2D eigenvalue weighted by Crippen LogP contribution is 2.37. The van der Waals surface area contributed by atoms with Crippen LogP contribution in [0.3, 0.4) is 0 Å². The van der Waals surface area contributed by atoms with Crippen LogP contribution >= 0.6 is 0 Å². The molecule has 31 heavy (non-hydrogen) atoms. The molecule has 0 bridgehead atoms. The number of piperidine rings is 1. The first-order chi connectivity index (χ1) is 14.7. The van der Waals surface area contributed by atoms with Crippen molar-refractivity contribution in [2.24, 2.45) is 0 Å². The lowest BCUT2D eigenvalue weighted by Crippen LogP contribution is -2.56. The summed E-state index contributed by atoms with van der Waals surface area (Å²) in [5, 5.41) is 16.3. The van der Waals surface area contributed by atoms with Crippen LogP contribution in [0.25, 0.3) is 0 Å². The molecule has 2 aliphatic heterocycles. The minimum atomic E-state index is -4.58. The minimum absolute atomic E-state index is 0.0780. The Labute approximate surface area is 178 Å². The Morgan fingerprint density at radius 2 is 2.06 bits per heavy atom. The van der Waals surface area contributed by atoms with Crippen LogP contribution in [-0.2, 0) is 16.5 Å². The van der Waals surface area contributed by atoms with Gasteiger partial charge in [0, 0.05) is 25.0 Å². The van der Waals surface area contributed by atoms with Crippen molar-refractivity contribution in [1.29, 1.82) is 0 Å². The third kappa shape index (κ3) is 4.32. The van der Waals surface area contributed by atoms with Gasteiger partial charge in [-0.3, -0.25) is 0 Å². The van der Waals surface area contributed by atoms with Crippen molar-refractivity contribution in [2.75, 3.05) is 43.6 Å². The van der Waals surface area contributed by atoms with Crippen LogP contribution in [0, 0.1) is 6.92 Å². The quantitative estimate of drug-likeness (QED) is 0.664. The molecule has 1 aromatic heterocycles. The molecule has 1 aromatic carbocycles. The van der Waals surface area contributed by atoms with Crippen LogP contribution < -0.4 is 15.5 Å². The molecule has 0 spiro atoms. The third-order valence-corrected chi connectivity index (χ3v) is 5.97. The largest absolute Gasteiger partial charge is 0.421 e. The molecule has 2 aromatic rings. The van der Waals surface area contributed by atoms with Gasteiger partial charge in [-0.25, -0.2) is 4.98 Å². The van der Waals surface area contributed by atoms with Gasteiger partial charge in [0.25, 0.3) is 0 Å². The predicted molar refractivity (Wildman–Crippen MR) is 111 cm³/mol. The van der Waals surface area contributed by atoms with Gasteiger partial charge < -0.3 is 25.4 Å². The van der Waals surface area contributed by atoms with Crippen molar-refractivity contribution in [3.63, 3.8) is 0 Å². The maximum atomic E-state index is 13.5.